The average molecular weight is 402 g/mol. The SMILES string of the molecule is CCc1cc(-c2nc(C)c(CN(C)c3ccc(Br)cc3)s2)ccn1. The highest BCUT2D eigenvalue weighted by Crippen LogP contribution is 2.30. The van der Waals surface area contributed by atoms with Gasteiger partial charge in [0.25, 0.3) is 0 Å². The van der Waals surface area contributed by atoms with Crippen LogP contribution in [-0.4, -0.2) is 17.0 Å². The van der Waals surface area contributed by atoms with Gasteiger partial charge in [0.2, 0.25) is 0 Å². The normalized spacial score (nSPS) is 10.8. The lowest BCUT2D eigenvalue weighted by Gasteiger charge is -2.18. The van der Waals surface area contributed by atoms with Crippen LogP contribution in [0.1, 0.15) is 23.2 Å². The number of hydrogen-bond acceptors (Lipinski definition) is 4. The van der Waals surface area contributed by atoms with Crippen molar-refractivity contribution in [2.75, 3.05) is 11.9 Å². The van der Waals surface area contributed by atoms with E-state index in [1.165, 1.54) is 10.6 Å². The molecular formula is C19H20BrN3S. The molecule has 3 aromatic rings. The van der Waals surface area contributed by atoms with Gasteiger partial charge in [-0.05, 0) is 49.7 Å². The minimum absolute atomic E-state index is 0.858. The fraction of sp³-hybridized carbons (Fsp3) is 0.263. The first-order chi connectivity index (χ1) is 11.6. The molecule has 0 spiro atoms. The molecule has 0 amide bonds. The van der Waals surface area contributed by atoms with Crippen molar-refractivity contribution >= 4 is 33.0 Å². The summed E-state index contributed by atoms with van der Waals surface area (Å²) >= 11 is 5.25. The summed E-state index contributed by atoms with van der Waals surface area (Å²) in [5.41, 5.74) is 4.57. The maximum atomic E-state index is 4.77. The van der Waals surface area contributed by atoms with E-state index in [0.717, 1.165) is 39.4 Å². The number of pyridine rings is 1. The number of aryl methyl sites for hydroxylation is 2. The molecule has 0 saturated heterocycles. The Hall–Kier alpha value is -1.72. The van der Waals surface area contributed by atoms with Crippen LogP contribution in [0, 0.1) is 6.92 Å². The molecule has 1 aromatic carbocycles. The highest BCUT2D eigenvalue weighted by molar-refractivity contribution is 9.10. The minimum Gasteiger partial charge on any atom is -0.369 e. The summed E-state index contributed by atoms with van der Waals surface area (Å²) in [6.07, 6.45) is 2.82. The first kappa shape index (κ1) is 17.1. The summed E-state index contributed by atoms with van der Waals surface area (Å²) < 4.78 is 1.10. The summed E-state index contributed by atoms with van der Waals surface area (Å²) in [6, 6.07) is 12.6. The largest absolute Gasteiger partial charge is 0.369 e. The third-order valence-corrected chi connectivity index (χ3v) is 5.69. The number of halogens is 1. The van der Waals surface area contributed by atoms with Crippen molar-refractivity contribution in [2.45, 2.75) is 26.8 Å². The molecule has 5 heteroatoms. The molecule has 0 aliphatic carbocycles. The van der Waals surface area contributed by atoms with Crippen molar-refractivity contribution in [3.8, 4) is 10.6 Å². The lowest BCUT2D eigenvalue weighted by molar-refractivity contribution is 0.926. The first-order valence-corrected chi connectivity index (χ1v) is 9.56. The maximum Gasteiger partial charge on any atom is 0.124 e. The smallest absolute Gasteiger partial charge is 0.124 e. The first-order valence-electron chi connectivity index (χ1n) is 7.95. The molecule has 0 atom stereocenters. The van der Waals surface area contributed by atoms with E-state index in [-0.39, 0.29) is 0 Å². The summed E-state index contributed by atoms with van der Waals surface area (Å²) in [4.78, 5) is 12.7. The van der Waals surface area contributed by atoms with Crippen LogP contribution >= 0.6 is 27.3 Å². The van der Waals surface area contributed by atoms with Crippen molar-refractivity contribution in [3.05, 3.63) is 63.3 Å². The van der Waals surface area contributed by atoms with Crippen LogP contribution in [0.5, 0.6) is 0 Å². The van der Waals surface area contributed by atoms with Gasteiger partial charge < -0.3 is 4.90 Å². The Morgan fingerprint density at radius 2 is 1.92 bits per heavy atom. The Balaban J connectivity index is 1.82. The Morgan fingerprint density at radius 3 is 2.62 bits per heavy atom. The zero-order chi connectivity index (χ0) is 17.1. The summed E-state index contributed by atoms with van der Waals surface area (Å²) in [5.74, 6) is 0. The Morgan fingerprint density at radius 1 is 1.17 bits per heavy atom. The number of benzene rings is 1. The monoisotopic (exact) mass is 401 g/mol. The molecule has 3 rings (SSSR count). The molecular weight excluding hydrogens is 382 g/mol. The van der Waals surface area contributed by atoms with E-state index in [1.54, 1.807) is 11.3 Å². The van der Waals surface area contributed by atoms with E-state index < -0.39 is 0 Å². The van der Waals surface area contributed by atoms with Gasteiger partial charge in [0.05, 0.1) is 12.2 Å². The molecule has 0 fully saturated rings. The number of thiazole rings is 1. The molecule has 0 aliphatic rings. The van der Waals surface area contributed by atoms with Crippen molar-refractivity contribution in [3.63, 3.8) is 0 Å². The standard InChI is InChI=1S/C19H20BrN3S/c1-4-16-11-14(9-10-21-16)19-22-13(2)18(24-19)12-23(3)17-7-5-15(20)6-8-17/h5-11H,4,12H2,1-3H3. The van der Waals surface area contributed by atoms with Crippen molar-refractivity contribution in [1.29, 1.82) is 0 Å². The van der Waals surface area contributed by atoms with Crippen molar-refractivity contribution < 1.29 is 0 Å². The van der Waals surface area contributed by atoms with Crippen LogP contribution in [0.2, 0.25) is 0 Å². The molecule has 0 radical (unpaired) electrons. The van der Waals surface area contributed by atoms with E-state index in [0.29, 0.717) is 0 Å². The van der Waals surface area contributed by atoms with Crippen molar-refractivity contribution in [2.24, 2.45) is 0 Å². The quantitative estimate of drug-likeness (QED) is 0.566. The number of hydrogen-bond donors (Lipinski definition) is 0. The Bertz CT molecular complexity index is 827. The summed E-state index contributed by atoms with van der Waals surface area (Å²) in [7, 11) is 2.11. The molecule has 3 nitrogen and oxygen atoms in total. The van der Waals surface area contributed by atoms with Gasteiger partial charge in [-0.2, -0.15) is 0 Å². The second kappa shape index (κ2) is 7.45. The van der Waals surface area contributed by atoms with Gasteiger partial charge in [0.1, 0.15) is 5.01 Å². The Labute approximate surface area is 155 Å². The predicted molar refractivity (Wildman–Crippen MR) is 106 cm³/mol. The zero-order valence-corrected chi connectivity index (χ0v) is 16.5. The molecule has 0 aliphatic heterocycles. The second-order valence-corrected chi connectivity index (χ2v) is 7.75. The van der Waals surface area contributed by atoms with Gasteiger partial charge >= 0.3 is 0 Å². The molecule has 0 saturated carbocycles. The van der Waals surface area contributed by atoms with Gasteiger partial charge in [0.15, 0.2) is 0 Å². The predicted octanol–water partition coefficient (Wildman–Crippen LogP) is 5.47. The average Bonchev–Trinajstić information content (AvgIpc) is 2.96. The van der Waals surface area contributed by atoms with E-state index in [4.69, 9.17) is 4.98 Å². The van der Waals surface area contributed by atoms with Crippen LogP contribution in [0.25, 0.3) is 10.6 Å². The number of rotatable bonds is 5. The van der Waals surface area contributed by atoms with Crippen molar-refractivity contribution in [1.82, 2.24) is 9.97 Å². The molecule has 0 N–H and O–H groups in total. The third-order valence-electron chi connectivity index (χ3n) is 3.97. The van der Waals surface area contributed by atoms with Gasteiger partial charge in [-0.3, -0.25) is 4.98 Å². The van der Waals surface area contributed by atoms with Crippen LogP contribution in [0.15, 0.2) is 47.1 Å². The third kappa shape index (κ3) is 3.84. The van der Waals surface area contributed by atoms with E-state index in [2.05, 4.69) is 77.0 Å². The Kier molecular flexibility index (Phi) is 5.31. The number of anilines is 1. The molecule has 24 heavy (non-hydrogen) atoms. The zero-order valence-electron chi connectivity index (χ0n) is 14.1. The van der Waals surface area contributed by atoms with E-state index in [1.807, 2.05) is 12.3 Å². The van der Waals surface area contributed by atoms with Crippen LogP contribution in [-0.2, 0) is 13.0 Å². The highest BCUT2D eigenvalue weighted by atomic mass is 79.9. The summed E-state index contributed by atoms with van der Waals surface area (Å²) in [6.45, 7) is 5.07. The van der Waals surface area contributed by atoms with Gasteiger partial charge in [-0.15, -0.1) is 11.3 Å². The fourth-order valence-corrected chi connectivity index (χ4v) is 3.88. The van der Waals surface area contributed by atoms with Crippen LogP contribution in [0.3, 0.4) is 0 Å². The van der Waals surface area contributed by atoms with Gasteiger partial charge in [-0.25, -0.2) is 4.98 Å². The van der Waals surface area contributed by atoms with Crippen LogP contribution < -0.4 is 4.90 Å². The lowest BCUT2D eigenvalue weighted by atomic mass is 10.2. The van der Waals surface area contributed by atoms with Gasteiger partial charge in [0, 0.05) is 39.5 Å². The molecule has 0 bridgehead atoms. The molecule has 124 valence electrons. The molecule has 0 unspecified atom stereocenters. The molecule has 2 aromatic heterocycles. The molecule has 2 heterocycles. The van der Waals surface area contributed by atoms with Crippen LogP contribution in [0.4, 0.5) is 5.69 Å². The number of nitrogens with zero attached hydrogens (tertiary/aromatic N) is 3. The fourth-order valence-electron chi connectivity index (χ4n) is 2.51. The van der Waals surface area contributed by atoms with E-state index >= 15 is 0 Å². The minimum atomic E-state index is 0.858. The topological polar surface area (TPSA) is 29.0 Å². The van der Waals surface area contributed by atoms with Gasteiger partial charge in [-0.1, -0.05) is 22.9 Å². The van der Waals surface area contributed by atoms with E-state index in [9.17, 15) is 0 Å². The highest BCUT2D eigenvalue weighted by Gasteiger charge is 2.12. The number of aromatic nitrogens is 2. The second-order valence-electron chi connectivity index (χ2n) is 5.75. The maximum absolute atomic E-state index is 4.77. The lowest BCUT2D eigenvalue weighted by Crippen LogP contribution is -2.15. The summed E-state index contributed by atoms with van der Waals surface area (Å²) in [5, 5.41) is 1.07.